The van der Waals surface area contributed by atoms with Gasteiger partial charge in [-0.05, 0) is 35.0 Å². The van der Waals surface area contributed by atoms with E-state index in [0.29, 0.717) is 0 Å². The van der Waals surface area contributed by atoms with Gasteiger partial charge in [-0.25, -0.2) is 0 Å². The van der Waals surface area contributed by atoms with Gasteiger partial charge in [-0.1, -0.05) is 12.1 Å². The molecule has 0 aliphatic rings. The number of carbonyl (C=O) groups is 2. The van der Waals surface area contributed by atoms with Crippen molar-refractivity contribution in [2.45, 2.75) is 13.3 Å². The highest BCUT2D eigenvalue weighted by Crippen LogP contribution is 2.24. The normalized spacial score (nSPS) is 9.82. The van der Waals surface area contributed by atoms with E-state index in [9.17, 15) is 9.59 Å². The highest BCUT2D eigenvalue weighted by atomic mass is 79.9. The van der Waals surface area contributed by atoms with Gasteiger partial charge >= 0.3 is 5.97 Å². The molecule has 0 fully saturated rings. The number of benzene rings is 1. The second-order valence-corrected chi connectivity index (χ2v) is 4.24. The number of hydrogen-bond donors (Lipinski definition) is 0. The van der Waals surface area contributed by atoms with Crippen molar-refractivity contribution in [2.75, 3.05) is 18.6 Å². The molecule has 0 unspecified atom stereocenters. The molecule has 17 heavy (non-hydrogen) atoms. The molecule has 0 radical (unpaired) electrons. The highest BCUT2D eigenvalue weighted by molar-refractivity contribution is 9.10. The zero-order valence-electron chi connectivity index (χ0n) is 9.77. The molecule has 1 aromatic carbocycles. The van der Waals surface area contributed by atoms with E-state index in [1.54, 1.807) is 20.0 Å². The van der Waals surface area contributed by atoms with Gasteiger partial charge in [-0.3, -0.25) is 9.59 Å². The summed E-state index contributed by atoms with van der Waals surface area (Å²) in [5.41, 5.74) is 0.724. The van der Waals surface area contributed by atoms with Crippen LogP contribution in [-0.4, -0.2) is 25.5 Å². The Kier molecular flexibility index (Phi) is 5.15. The number of rotatable bonds is 4. The van der Waals surface area contributed by atoms with Gasteiger partial charge in [0, 0.05) is 11.5 Å². The van der Waals surface area contributed by atoms with E-state index in [2.05, 4.69) is 15.9 Å². The number of nitrogens with zero attached hydrogens (tertiary/aromatic N) is 1. The van der Waals surface area contributed by atoms with Crippen molar-refractivity contribution in [2.24, 2.45) is 0 Å². The molecule has 0 spiro atoms. The minimum atomic E-state index is -0.503. The summed E-state index contributed by atoms with van der Waals surface area (Å²) >= 11 is 3.35. The van der Waals surface area contributed by atoms with Crippen LogP contribution in [0.4, 0.5) is 5.69 Å². The van der Waals surface area contributed by atoms with Crippen LogP contribution < -0.4 is 4.90 Å². The molecule has 0 heterocycles. The summed E-state index contributed by atoms with van der Waals surface area (Å²) in [6.07, 6.45) is -0.244. The average molecular weight is 300 g/mol. The van der Waals surface area contributed by atoms with Crippen molar-refractivity contribution in [1.82, 2.24) is 0 Å². The number of esters is 1. The number of para-hydroxylation sites is 1. The van der Waals surface area contributed by atoms with Gasteiger partial charge in [0.05, 0.1) is 12.3 Å². The first-order valence-electron chi connectivity index (χ1n) is 5.23. The smallest absolute Gasteiger partial charge is 0.315 e. The fraction of sp³-hybridized carbons (Fsp3) is 0.333. The lowest BCUT2D eigenvalue weighted by Crippen LogP contribution is -2.29. The van der Waals surface area contributed by atoms with Crippen molar-refractivity contribution in [3.8, 4) is 0 Å². The van der Waals surface area contributed by atoms with E-state index in [0.717, 1.165) is 10.2 Å². The van der Waals surface area contributed by atoms with Crippen LogP contribution in [0.5, 0.6) is 0 Å². The van der Waals surface area contributed by atoms with Gasteiger partial charge in [-0.2, -0.15) is 0 Å². The van der Waals surface area contributed by atoms with Crippen LogP contribution in [0.15, 0.2) is 28.7 Å². The lowest BCUT2D eigenvalue weighted by Gasteiger charge is -2.18. The Labute approximate surface area is 109 Å². The second-order valence-electron chi connectivity index (χ2n) is 3.39. The number of carbonyl (C=O) groups excluding carboxylic acids is 2. The maximum Gasteiger partial charge on any atom is 0.315 e. The minimum Gasteiger partial charge on any atom is -0.466 e. The molecule has 0 saturated carbocycles. The van der Waals surface area contributed by atoms with Crippen molar-refractivity contribution < 1.29 is 14.3 Å². The molecule has 0 saturated heterocycles. The van der Waals surface area contributed by atoms with E-state index in [4.69, 9.17) is 4.74 Å². The summed E-state index contributed by atoms with van der Waals surface area (Å²) in [4.78, 5) is 24.4. The molecule has 92 valence electrons. The van der Waals surface area contributed by atoms with Crippen LogP contribution in [0.2, 0.25) is 0 Å². The summed E-state index contributed by atoms with van der Waals surface area (Å²) in [7, 11) is 1.63. The molecule has 1 amide bonds. The fourth-order valence-corrected chi connectivity index (χ4v) is 1.86. The lowest BCUT2D eigenvalue weighted by atomic mass is 10.3. The largest absolute Gasteiger partial charge is 0.466 e. The molecule has 4 nitrogen and oxygen atoms in total. The Morgan fingerprint density at radius 2 is 2.00 bits per heavy atom. The second kappa shape index (κ2) is 6.39. The van der Waals surface area contributed by atoms with Crippen molar-refractivity contribution in [3.05, 3.63) is 28.7 Å². The molecule has 0 bridgehead atoms. The number of halogens is 1. The van der Waals surface area contributed by atoms with Gasteiger partial charge < -0.3 is 9.64 Å². The zero-order valence-corrected chi connectivity index (χ0v) is 11.4. The summed E-state index contributed by atoms with van der Waals surface area (Å²) in [5.74, 6) is -0.799. The Balaban J connectivity index is 2.70. The molecule has 1 rings (SSSR count). The molecule has 0 atom stereocenters. The van der Waals surface area contributed by atoms with E-state index >= 15 is 0 Å². The standard InChI is InChI=1S/C12H14BrNO3/c1-3-17-12(16)8-11(15)14(2)10-7-5-4-6-9(10)13/h4-7H,3,8H2,1-2H3. The van der Waals surface area contributed by atoms with Crippen LogP contribution in [0.3, 0.4) is 0 Å². The van der Waals surface area contributed by atoms with Crippen molar-refractivity contribution in [3.63, 3.8) is 0 Å². The van der Waals surface area contributed by atoms with E-state index in [-0.39, 0.29) is 18.9 Å². The summed E-state index contributed by atoms with van der Waals surface area (Å²) in [6, 6.07) is 7.32. The third-order valence-electron chi connectivity index (χ3n) is 2.19. The molecular weight excluding hydrogens is 286 g/mol. The minimum absolute atomic E-state index is 0.244. The maximum absolute atomic E-state index is 11.8. The molecule has 5 heteroatoms. The first kappa shape index (κ1) is 13.7. The van der Waals surface area contributed by atoms with Gasteiger partial charge in [0.25, 0.3) is 0 Å². The quantitative estimate of drug-likeness (QED) is 0.633. The fourth-order valence-electron chi connectivity index (χ4n) is 1.31. The van der Waals surface area contributed by atoms with Gasteiger partial charge in [0.1, 0.15) is 6.42 Å². The monoisotopic (exact) mass is 299 g/mol. The summed E-state index contributed by atoms with van der Waals surface area (Å²) < 4.78 is 5.54. The summed E-state index contributed by atoms with van der Waals surface area (Å²) in [5, 5.41) is 0. The molecule has 0 N–H and O–H groups in total. The van der Waals surface area contributed by atoms with Gasteiger partial charge in [0.2, 0.25) is 5.91 Å². The first-order valence-corrected chi connectivity index (χ1v) is 6.02. The summed E-state index contributed by atoms with van der Waals surface area (Å²) in [6.45, 7) is 1.99. The van der Waals surface area contributed by atoms with E-state index in [1.807, 2.05) is 18.2 Å². The predicted molar refractivity (Wildman–Crippen MR) is 68.8 cm³/mol. The zero-order chi connectivity index (χ0) is 12.8. The SMILES string of the molecule is CCOC(=O)CC(=O)N(C)c1ccccc1Br. The average Bonchev–Trinajstić information content (AvgIpc) is 2.29. The van der Waals surface area contributed by atoms with E-state index in [1.165, 1.54) is 4.90 Å². The van der Waals surface area contributed by atoms with Gasteiger partial charge in [-0.15, -0.1) is 0 Å². The predicted octanol–water partition coefficient (Wildman–Crippen LogP) is 2.37. The highest BCUT2D eigenvalue weighted by Gasteiger charge is 2.17. The molecule has 0 aromatic heterocycles. The molecule has 0 aliphatic heterocycles. The lowest BCUT2D eigenvalue weighted by molar-refractivity contribution is -0.145. The molecular formula is C12H14BrNO3. The Bertz CT molecular complexity index is 420. The Morgan fingerprint density at radius 3 is 2.59 bits per heavy atom. The topological polar surface area (TPSA) is 46.6 Å². The van der Waals surface area contributed by atoms with E-state index < -0.39 is 5.97 Å². The Hall–Kier alpha value is -1.36. The van der Waals surface area contributed by atoms with Gasteiger partial charge in [0.15, 0.2) is 0 Å². The Morgan fingerprint density at radius 1 is 1.35 bits per heavy atom. The first-order chi connectivity index (χ1) is 8.06. The van der Waals surface area contributed by atoms with Crippen LogP contribution in [-0.2, 0) is 14.3 Å². The molecule has 1 aromatic rings. The third-order valence-corrected chi connectivity index (χ3v) is 2.86. The van der Waals surface area contributed by atoms with Crippen molar-refractivity contribution in [1.29, 1.82) is 0 Å². The third kappa shape index (κ3) is 3.85. The van der Waals surface area contributed by atoms with Crippen molar-refractivity contribution >= 4 is 33.5 Å². The maximum atomic E-state index is 11.8. The van der Waals surface area contributed by atoms with Crippen LogP contribution in [0, 0.1) is 0 Å². The number of anilines is 1. The number of hydrogen-bond acceptors (Lipinski definition) is 3. The van der Waals surface area contributed by atoms with Crippen LogP contribution in [0.1, 0.15) is 13.3 Å². The number of ether oxygens (including phenoxy) is 1. The van der Waals surface area contributed by atoms with Crippen LogP contribution in [0.25, 0.3) is 0 Å². The molecule has 0 aliphatic carbocycles. The van der Waals surface area contributed by atoms with Crippen LogP contribution >= 0.6 is 15.9 Å². The number of amides is 1.